The maximum atomic E-state index is 13.6. The van der Waals surface area contributed by atoms with Crippen LogP contribution in [0.25, 0.3) is 0 Å². The highest BCUT2D eigenvalue weighted by atomic mass is 19.1. The van der Waals surface area contributed by atoms with Crippen molar-refractivity contribution in [2.45, 2.75) is 33.8 Å². The van der Waals surface area contributed by atoms with Gasteiger partial charge in [0.15, 0.2) is 6.10 Å². The largest absolute Gasteiger partial charge is 0.481 e. The van der Waals surface area contributed by atoms with Gasteiger partial charge in [0.1, 0.15) is 17.4 Å². The molecule has 23 heavy (non-hydrogen) atoms. The van der Waals surface area contributed by atoms with E-state index < -0.39 is 23.6 Å². The number of hydrogen-bond donors (Lipinski definition) is 1. The van der Waals surface area contributed by atoms with Gasteiger partial charge in [0.05, 0.1) is 5.69 Å². The lowest BCUT2D eigenvalue weighted by atomic mass is 10.1. The summed E-state index contributed by atoms with van der Waals surface area (Å²) in [6, 6.07) is 6.86. The molecular weight excluding hydrogens is 300 g/mol. The van der Waals surface area contributed by atoms with E-state index in [1.807, 2.05) is 32.9 Å². The number of nitrogens with one attached hydrogen (secondary N) is 1. The first-order valence-corrected chi connectivity index (χ1v) is 7.28. The molecule has 1 amide bonds. The summed E-state index contributed by atoms with van der Waals surface area (Å²) in [6.07, 6.45) is -0.820. The summed E-state index contributed by atoms with van der Waals surface area (Å²) in [5.41, 5.74) is 2.96. The summed E-state index contributed by atoms with van der Waals surface area (Å²) in [5, 5.41) is 2.40. The van der Waals surface area contributed by atoms with Crippen LogP contribution in [0.2, 0.25) is 0 Å². The lowest BCUT2D eigenvalue weighted by Gasteiger charge is -2.18. The molecule has 2 rings (SSSR count). The van der Waals surface area contributed by atoms with Gasteiger partial charge in [-0.3, -0.25) is 4.79 Å². The lowest BCUT2D eigenvalue weighted by molar-refractivity contribution is -0.122. The molecule has 122 valence electrons. The highest BCUT2D eigenvalue weighted by Crippen LogP contribution is 2.24. The van der Waals surface area contributed by atoms with Gasteiger partial charge in [0.2, 0.25) is 0 Å². The summed E-state index contributed by atoms with van der Waals surface area (Å²) in [6.45, 7) is 7.40. The van der Waals surface area contributed by atoms with E-state index in [9.17, 15) is 13.6 Å². The van der Waals surface area contributed by atoms with E-state index in [-0.39, 0.29) is 5.69 Å². The minimum absolute atomic E-state index is 0.0796. The van der Waals surface area contributed by atoms with Crippen LogP contribution in [0.5, 0.6) is 5.75 Å². The average Bonchev–Trinajstić information content (AvgIpc) is 2.47. The van der Waals surface area contributed by atoms with Crippen LogP contribution in [0.4, 0.5) is 14.5 Å². The van der Waals surface area contributed by atoms with Crippen molar-refractivity contribution in [2.24, 2.45) is 0 Å². The lowest BCUT2D eigenvalue weighted by Crippen LogP contribution is -2.30. The summed E-state index contributed by atoms with van der Waals surface area (Å²) in [5.74, 6) is -1.41. The predicted molar refractivity (Wildman–Crippen MR) is 85.7 cm³/mol. The third kappa shape index (κ3) is 4.06. The van der Waals surface area contributed by atoms with E-state index in [1.54, 1.807) is 6.92 Å². The van der Waals surface area contributed by atoms with Gasteiger partial charge in [-0.1, -0.05) is 6.07 Å². The topological polar surface area (TPSA) is 38.3 Å². The second-order valence-corrected chi connectivity index (χ2v) is 5.58. The molecule has 0 aromatic heterocycles. The van der Waals surface area contributed by atoms with Crippen LogP contribution in [-0.2, 0) is 4.79 Å². The number of aryl methyl sites for hydroxylation is 2. The van der Waals surface area contributed by atoms with Crippen LogP contribution in [0.3, 0.4) is 0 Å². The van der Waals surface area contributed by atoms with Crippen LogP contribution in [-0.4, -0.2) is 12.0 Å². The van der Waals surface area contributed by atoms with Crippen LogP contribution in [0.1, 0.15) is 23.6 Å². The summed E-state index contributed by atoms with van der Waals surface area (Å²) >= 11 is 0. The van der Waals surface area contributed by atoms with Crippen LogP contribution >= 0.6 is 0 Å². The maximum Gasteiger partial charge on any atom is 0.265 e. The second kappa shape index (κ2) is 6.77. The molecule has 3 nitrogen and oxygen atoms in total. The monoisotopic (exact) mass is 319 g/mol. The predicted octanol–water partition coefficient (Wildman–Crippen LogP) is 4.30. The zero-order valence-corrected chi connectivity index (χ0v) is 13.5. The van der Waals surface area contributed by atoms with Gasteiger partial charge in [-0.25, -0.2) is 8.78 Å². The van der Waals surface area contributed by atoms with E-state index in [2.05, 4.69) is 5.32 Å². The van der Waals surface area contributed by atoms with E-state index in [1.165, 1.54) is 6.07 Å². The minimum Gasteiger partial charge on any atom is -0.481 e. The minimum atomic E-state index is -0.826. The fourth-order valence-electron chi connectivity index (χ4n) is 2.19. The van der Waals surface area contributed by atoms with Crippen LogP contribution < -0.4 is 10.1 Å². The Morgan fingerprint density at radius 1 is 1.13 bits per heavy atom. The number of benzene rings is 2. The quantitative estimate of drug-likeness (QED) is 0.912. The number of hydrogen-bond acceptors (Lipinski definition) is 2. The van der Waals surface area contributed by atoms with Crippen molar-refractivity contribution in [3.63, 3.8) is 0 Å². The third-order valence-electron chi connectivity index (χ3n) is 3.63. The Bertz CT molecular complexity index is 744. The van der Waals surface area contributed by atoms with E-state index in [0.717, 1.165) is 28.8 Å². The molecule has 5 heteroatoms. The number of halogens is 2. The number of anilines is 1. The molecule has 0 spiro atoms. The molecule has 2 aromatic rings. The highest BCUT2D eigenvalue weighted by molar-refractivity contribution is 5.94. The number of carbonyl (C=O) groups is 1. The first-order valence-electron chi connectivity index (χ1n) is 7.28. The Kier molecular flexibility index (Phi) is 4.98. The Balaban J connectivity index is 2.11. The summed E-state index contributed by atoms with van der Waals surface area (Å²) in [7, 11) is 0. The van der Waals surface area contributed by atoms with E-state index >= 15 is 0 Å². The van der Waals surface area contributed by atoms with Crippen molar-refractivity contribution in [1.82, 2.24) is 0 Å². The molecule has 0 radical (unpaired) electrons. The second-order valence-electron chi connectivity index (χ2n) is 5.58. The van der Waals surface area contributed by atoms with Crippen molar-refractivity contribution in [1.29, 1.82) is 0 Å². The molecule has 0 saturated heterocycles. The van der Waals surface area contributed by atoms with Gasteiger partial charge in [-0.15, -0.1) is 0 Å². The summed E-state index contributed by atoms with van der Waals surface area (Å²) < 4.78 is 32.1. The number of carbonyl (C=O) groups excluding carboxylic acids is 1. The number of ether oxygens (including phenoxy) is 1. The molecule has 0 fully saturated rings. The normalized spacial score (nSPS) is 11.9. The number of amides is 1. The molecule has 0 aliphatic heterocycles. The molecule has 1 unspecified atom stereocenters. The van der Waals surface area contributed by atoms with Gasteiger partial charge >= 0.3 is 0 Å². The van der Waals surface area contributed by atoms with Gasteiger partial charge < -0.3 is 10.1 Å². The van der Waals surface area contributed by atoms with E-state index in [0.29, 0.717) is 5.75 Å². The molecule has 0 saturated carbocycles. The first kappa shape index (κ1) is 16.9. The molecule has 1 N–H and O–H groups in total. The van der Waals surface area contributed by atoms with Crippen molar-refractivity contribution in [3.8, 4) is 5.75 Å². The molecule has 1 atom stereocenters. The van der Waals surface area contributed by atoms with Crippen molar-refractivity contribution in [2.75, 3.05) is 5.32 Å². The zero-order chi connectivity index (χ0) is 17.1. The summed E-state index contributed by atoms with van der Waals surface area (Å²) in [4.78, 5) is 12.1. The molecule has 0 aliphatic rings. The van der Waals surface area contributed by atoms with Crippen LogP contribution in [0, 0.1) is 32.4 Å². The molecule has 0 heterocycles. The third-order valence-corrected chi connectivity index (χ3v) is 3.63. The van der Waals surface area contributed by atoms with Crippen LogP contribution in [0.15, 0.2) is 30.3 Å². The van der Waals surface area contributed by atoms with E-state index in [4.69, 9.17) is 4.74 Å². The highest BCUT2D eigenvalue weighted by Gasteiger charge is 2.18. The smallest absolute Gasteiger partial charge is 0.265 e. The fourth-order valence-corrected chi connectivity index (χ4v) is 2.19. The van der Waals surface area contributed by atoms with Crippen molar-refractivity contribution < 1.29 is 18.3 Å². The Hall–Kier alpha value is -2.43. The molecule has 0 aliphatic carbocycles. The standard InChI is InChI=1S/C18H19F2NO2/c1-10-7-11(2)12(3)17(8-10)23-13(4)18(22)21-16-6-5-14(19)9-15(16)20/h5-9,13H,1-4H3,(H,21,22). The van der Waals surface area contributed by atoms with Gasteiger partial charge in [-0.05, 0) is 62.6 Å². The molecule has 0 bridgehead atoms. The Labute approximate surface area is 134 Å². The fraction of sp³-hybridized carbons (Fsp3) is 0.278. The van der Waals surface area contributed by atoms with Gasteiger partial charge in [0.25, 0.3) is 5.91 Å². The van der Waals surface area contributed by atoms with Crippen molar-refractivity contribution >= 4 is 11.6 Å². The molecular formula is C18H19F2NO2. The Morgan fingerprint density at radius 2 is 1.83 bits per heavy atom. The van der Waals surface area contributed by atoms with Crippen molar-refractivity contribution in [3.05, 3.63) is 58.7 Å². The SMILES string of the molecule is Cc1cc(C)c(C)c(OC(C)C(=O)Nc2ccc(F)cc2F)c1. The zero-order valence-electron chi connectivity index (χ0n) is 13.5. The van der Waals surface area contributed by atoms with Gasteiger partial charge in [-0.2, -0.15) is 0 Å². The molecule has 2 aromatic carbocycles. The Morgan fingerprint density at radius 3 is 2.48 bits per heavy atom. The first-order chi connectivity index (χ1) is 10.8. The number of rotatable bonds is 4. The van der Waals surface area contributed by atoms with Gasteiger partial charge in [0, 0.05) is 6.07 Å². The maximum absolute atomic E-state index is 13.6. The average molecular weight is 319 g/mol.